The van der Waals surface area contributed by atoms with Crippen molar-refractivity contribution in [2.24, 2.45) is 5.92 Å². The number of nitrogens with one attached hydrogen (secondary N) is 1. The Balaban J connectivity index is 1.57. The molecule has 0 bridgehead atoms. The Hall–Kier alpha value is -0.120. The molecule has 2 fully saturated rings. The molecule has 1 unspecified atom stereocenters. The predicted molar refractivity (Wildman–Crippen MR) is 71.3 cm³/mol. The van der Waals surface area contributed by atoms with E-state index in [-0.39, 0.29) is 0 Å². The molecule has 0 radical (unpaired) electrons. The summed E-state index contributed by atoms with van der Waals surface area (Å²) in [4.78, 5) is 2.63. The fraction of sp³-hybridized carbons (Fsp3) is 1.00. The van der Waals surface area contributed by atoms with Crippen LogP contribution in [0.25, 0.3) is 0 Å². The number of likely N-dealkylation sites (tertiary alicyclic amines) is 1. The molecule has 0 aromatic rings. The van der Waals surface area contributed by atoms with Gasteiger partial charge in [0, 0.05) is 32.3 Å². The van der Waals surface area contributed by atoms with Gasteiger partial charge in [-0.2, -0.15) is 0 Å². The van der Waals surface area contributed by atoms with Crippen LogP contribution in [0.15, 0.2) is 0 Å². The van der Waals surface area contributed by atoms with Crippen LogP contribution >= 0.6 is 0 Å². The van der Waals surface area contributed by atoms with Crippen LogP contribution in [0.2, 0.25) is 0 Å². The highest BCUT2D eigenvalue weighted by Gasteiger charge is 2.15. The molecule has 0 amide bonds. The fourth-order valence-corrected chi connectivity index (χ4v) is 2.87. The molecule has 0 aromatic carbocycles. The minimum atomic E-state index is 0.703. The van der Waals surface area contributed by atoms with Gasteiger partial charge in [0.2, 0.25) is 0 Å². The third-order valence-corrected chi connectivity index (χ3v) is 4.19. The molecule has 2 aliphatic rings. The van der Waals surface area contributed by atoms with Crippen molar-refractivity contribution in [3.63, 3.8) is 0 Å². The number of hydrogen-bond acceptors (Lipinski definition) is 3. The molecule has 3 nitrogen and oxygen atoms in total. The maximum Gasteiger partial charge on any atom is 0.0480 e. The summed E-state index contributed by atoms with van der Waals surface area (Å²) in [6.07, 6.45) is 6.58. The first-order chi connectivity index (χ1) is 8.34. The summed E-state index contributed by atoms with van der Waals surface area (Å²) in [6.45, 7) is 9.26. The van der Waals surface area contributed by atoms with Crippen LogP contribution < -0.4 is 5.32 Å². The van der Waals surface area contributed by atoms with Crippen molar-refractivity contribution in [2.75, 3.05) is 39.4 Å². The first-order valence-electron chi connectivity index (χ1n) is 7.38. The summed E-state index contributed by atoms with van der Waals surface area (Å²) >= 11 is 0. The average molecular weight is 240 g/mol. The summed E-state index contributed by atoms with van der Waals surface area (Å²) in [5, 5.41) is 3.68. The second-order valence-corrected chi connectivity index (χ2v) is 5.72. The van der Waals surface area contributed by atoms with E-state index in [1.165, 1.54) is 51.7 Å². The molecule has 2 rings (SSSR count). The van der Waals surface area contributed by atoms with Gasteiger partial charge in [-0.15, -0.1) is 0 Å². The average Bonchev–Trinajstić information content (AvgIpc) is 2.56. The zero-order valence-corrected chi connectivity index (χ0v) is 11.3. The SMILES string of the molecule is CC1CCCN(CCNC2CCOCC2)CC1. The number of hydrogen-bond donors (Lipinski definition) is 1. The Morgan fingerprint density at radius 1 is 1.12 bits per heavy atom. The summed E-state index contributed by atoms with van der Waals surface area (Å²) < 4.78 is 5.37. The molecular formula is C14H28N2O. The van der Waals surface area contributed by atoms with E-state index < -0.39 is 0 Å². The van der Waals surface area contributed by atoms with E-state index >= 15 is 0 Å². The summed E-state index contributed by atoms with van der Waals surface area (Å²) in [7, 11) is 0. The third-order valence-electron chi connectivity index (χ3n) is 4.19. The molecule has 0 spiro atoms. The van der Waals surface area contributed by atoms with Gasteiger partial charge in [-0.05, 0) is 51.1 Å². The minimum absolute atomic E-state index is 0.703. The Labute approximate surface area is 106 Å². The van der Waals surface area contributed by atoms with Gasteiger partial charge in [-0.3, -0.25) is 0 Å². The zero-order chi connectivity index (χ0) is 11.9. The Morgan fingerprint density at radius 2 is 1.94 bits per heavy atom. The first kappa shape index (κ1) is 13.3. The number of nitrogens with zero attached hydrogens (tertiary/aromatic N) is 1. The molecule has 0 saturated carbocycles. The van der Waals surface area contributed by atoms with Crippen LogP contribution in [0.3, 0.4) is 0 Å². The molecule has 2 saturated heterocycles. The van der Waals surface area contributed by atoms with Crippen LogP contribution in [0.1, 0.15) is 39.0 Å². The summed E-state index contributed by atoms with van der Waals surface area (Å²) in [5.74, 6) is 0.934. The molecule has 0 aromatic heterocycles. The van der Waals surface area contributed by atoms with Crippen LogP contribution in [0.4, 0.5) is 0 Å². The van der Waals surface area contributed by atoms with Gasteiger partial charge < -0.3 is 15.0 Å². The second kappa shape index (κ2) is 7.34. The molecular weight excluding hydrogens is 212 g/mol. The monoisotopic (exact) mass is 240 g/mol. The van der Waals surface area contributed by atoms with E-state index in [9.17, 15) is 0 Å². The van der Waals surface area contributed by atoms with E-state index in [1.54, 1.807) is 0 Å². The Kier molecular flexibility index (Phi) is 5.75. The minimum Gasteiger partial charge on any atom is -0.381 e. The summed E-state index contributed by atoms with van der Waals surface area (Å²) in [6, 6.07) is 0.703. The first-order valence-corrected chi connectivity index (χ1v) is 7.38. The number of rotatable bonds is 4. The normalized spacial score (nSPS) is 29.1. The van der Waals surface area contributed by atoms with E-state index in [0.29, 0.717) is 6.04 Å². The standard InChI is InChI=1S/C14H28N2O/c1-13-3-2-8-16(9-4-13)10-7-15-14-5-11-17-12-6-14/h13-15H,2-12H2,1H3. The topological polar surface area (TPSA) is 24.5 Å². The largest absolute Gasteiger partial charge is 0.381 e. The summed E-state index contributed by atoms with van der Waals surface area (Å²) in [5.41, 5.74) is 0. The predicted octanol–water partition coefficient (Wildman–Crippen LogP) is 1.88. The highest BCUT2D eigenvalue weighted by atomic mass is 16.5. The molecule has 0 aliphatic carbocycles. The molecule has 1 N–H and O–H groups in total. The Bertz CT molecular complexity index is 204. The zero-order valence-electron chi connectivity index (χ0n) is 11.3. The van der Waals surface area contributed by atoms with Crippen LogP contribution in [-0.2, 0) is 4.74 Å². The van der Waals surface area contributed by atoms with Crippen molar-refractivity contribution in [3.05, 3.63) is 0 Å². The maximum absolute atomic E-state index is 5.37. The fourth-order valence-electron chi connectivity index (χ4n) is 2.87. The molecule has 2 aliphatic heterocycles. The van der Waals surface area contributed by atoms with Crippen molar-refractivity contribution in [1.29, 1.82) is 0 Å². The van der Waals surface area contributed by atoms with E-state index in [4.69, 9.17) is 4.74 Å². The van der Waals surface area contributed by atoms with E-state index in [2.05, 4.69) is 17.1 Å². The lowest BCUT2D eigenvalue weighted by atomic mass is 10.0. The smallest absolute Gasteiger partial charge is 0.0480 e. The van der Waals surface area contributed by atoms with Gasteiger partial charge in [-0.1, -0.05) is 6.92 Å². The molecule has 100 valence electrons. The van der Waals surface area contributed by atoms with E-state index in [1.807, 2.05) is 0 Å². The van der Waals surface area contributed by atoms with Gasteiger partial charge in [0.1, 0.15) is 0 Å². The lowest BCUT2D eigenvalue weighted by Crippen LogP contribution is -2.40. The van der Waals surface area contributed by atoms with E-state index in [0.717, 1.165) is 25.7 Å². The molecule has 3 heteroatoms. The van der Waals surface area contributed by atoms with Crippen LogP contribution in [0.5, 0.6) is 0 Å². The molecule has 2 heterocycles. The third kappa shape index (κ3) is 4.94. The Morgan fingerprint density at radius 3 is 2.76 bits per heavy atom. The van der Waals surface area contributed by atoms with Crippen molar-refractivity contribution in [1.82, 2.24) is 10.2 Å². The second-order valence-electron chi connectivity index (χ2n) is 5.72. The van der Waals surface area contributed by atoms with Crippen LogP contribution in [-0.4, -0.2) is 50.3 Å². The van der Waals surface area contributed by atoms with Crippen molar-refractivity contribution >= 4 is 0 Å². The highest BCUT2D eigenvalue weighted by Crippen LogP contribution is 2.16. The number of ether oxygens (including phenoxy) is 1. The van der Waals surface area contributed by atoms with Gasteiger partial charge in [0.05, 0.1) is 0 Å². The lowest BCUT2D eigenvalue weighted by Gasteiger charge is -2.25. The quantitative estimate of drug-likeness (QED) is 0.812. The van der Waals surface area contributed by atoms with Gasteiger partial charge in [0.15, 0.2) is 0 Å². The molecule has 17 heavy (non-hydrogen) atoms. The maximum atomic E-state index is 5.37. The van der Waals surface area contributed by atoms with Gasteiger partial charge >= 0.3 is 0 Å². The van der Waals surface area contributed by atoms with Gasteiger partial charge in [0.25, 0.3) is 0 Å². The van der Waals surface area contributed by atoms with Crippen molar-refractivity contribution in [2.45, 2.75) is 45.1 Å². The lowest BCUT2D eigenvalue weighted by molar-refractivity contribution is 0.0772. The molecule has 1 atom stereocenters. The van der Waals surface area contributed by atoms with Crippen molar-refractivity contribution < 1.29 is 4.74 Å². The van der Waals surface area contributed by atoms with Crippen molar-refractivity contribution in [3.8, 4) is 0 Å². The highest BCUT2D eigenvalue weighted by molar-refractivity contribution is 4.72. The van der Waals surface area contributed by atoms with Gasteiger partial charge in [-0.25, -0.2) is 0 Å². The van der Waals surface area contributed by atoms with Crippen LogP contribution in [0, 0.1) is 5.92 Å².